The molecule has 0 bridgehead atoms. The van der Waals surface area contributed by atoms with E-state index in [-0.39, 0.29) is 11.6 Å². The minimum atomic E-state index is -4.41. The van der Waals surface area contributed by atoms with Crippen LogP contribution in [0.25, 0.3) is 10.6 Å². The minimum absolute atomic E-state index is 0.239. The van der Waals surface area contributed by atoms with Crippen LogP contribution in [-0.2, 0) is 12.6 Å². The van der Waals surface area contributed by atoms with Crippen molar-refractivity contribution in [1.82, 2.24) is 9.88 Å². The van der Waals surface area contributed by atoms with E-state index >= 15 is 0 Å². The van der Waals surface area contributed by atoms with Gasteiger partial charge in [-0.2, -0.15) is 13.2 Å². The van der Waals surface area contributed by atoms with Crippen molar-refractivity contribution >= 4 is 17.2 Å². The molecule has 27 heavy (non-hydrogen) atoms. The Hall–Kier alpha value is -2.67. The third-order valence-corrected chi connectivity index (χ3v) is 4.98. The average Bonchev–Trinajstić information content (AvgIpc) is 3.16. The third-order valence-electron chi connectivity index (χ3n) is 4.09. The molecule has 0 unspecified atom stereocenters. The zero-order valence-electron chi connectivity index (χ0n) is 14.5. The number of carbonyl (C=O) groups is 1. The Kier molecular flexibility index (Phi) is 5.60. The number of halogens is 3. The molecule has 3 rings (SSSR count). The second kappa shape index (κ2) is 7.92. The second-order valence-corrected chi connectivity index (χ2v) is 6.94. The molecule has 0 N–H and O–H groups in total. The van der Waals surface area contributed by atoms with Gasteiger partial charge in [-0.05, 0) is 24.1 Å². The molecule has 1 heterocycles. The highest BCUT2D eigenvalue weighted by atomic mass is 32.1. The Bertz CT molecular complexity index is 922. The molecule has 7 heteroatoms. The molecule has 0 atom stereocenters. The van der Waals surface area contributed by atoms with Crippen LogP contribution >= 0.6 is 11.3 Å². The van der Waals surface area contributed by atoms with Crippen molar-refractivity contribution in [2.24, 2.45) is 0 Å². The van der Waals surface area contributed by atoms with E-state index in [1.165, 1.54) is 6.07 Å². The summed E-state index contributed by atoms with van der Waals surface area (Å²) in [5.74, 6) is -0.250. The lowest BCUT2D eigenvalue weighted by Crippen LogP contribution is -2.29. The Morgan fingerprint density at radius 1 is 1.11 bits per heavy atom. The highest BCUT2D eigenvalue weighted by Gasteiger charge is 2.30. The first kappa shape index (κ1) is 19.1. The average molecular weight is 390 g/mol. The number of aromatic nitrogens is 1. The van der Waals surface area contributed by atoms with Gasteiger partial charge in [0.15, 0.2) is 0 Å². The summed E-state index contributed by atoms with van der Waals surface area (Å²) in [5, 5.41) is 1.97. The maximum Gasteiger partial charge on any atom is 0.416 e. The van der Waals surface area contributed by atoms with Crippen molar-refractivity contribution in [3.8, 4) is 10.6 Å². The third kappa shape index (κ3) is 4.74. The monoisotopic (exact) mass is 390 g/mol. The summed E-state index contributed by atoms with van der Waals surface area (Å²) in [4.78, 5) is 18.3. The summed E-state index contributed by atoms with van der Waals surface area (Å²) in [7, 11) is 1.69. The summed E-state index contributed by atoms with van der Waals surface area (Å²) in [6.07, 6.45) is -3.70. The van der Waals surface area contributed by atoms with Crippen LogP contribution in [0.3, 0.4) is 0 Å². The van der Waals surface area contributed by atoms with Gasteiger partial charge >= 0.3 is 6.18 Å². The molecule has 0 spiro atoms. The molecule has 0 fully saturated rings. The number of hydrogen-bond acceptors (Lipinski definition) is 3. The minimum Gasteiger partial charge on any atom is -0.340 e. The van der Waals surface area contributed by atoms with E-state index in [2.05, 4.69) is 4.98 Å². The van der Waals surface area contributed by atoms with Crippen LogP contribution in [0.1, 0.15) is 21.6 Å². The van der Waals surface area contributed by atoms with E-state index in [0.717, 1.165) is 29.0 Å². The number of amides is 1. The highest BCUT2D eigenvalue weighted by molar-refractivity contribution is 7.13. The van der Waals surface area contributed by atoms with Crippen molar-refractivity contribution in [3.63, 3.8) is 0 Å². The molecule has 3 aromatic rings. The van der Waals surface area contributed by atoms with Gasteiger partial charge < -0.3 is 4.90 Å². The predicted octanol–water partition coefficient (Wildman–Crippen LogP) is 5.14. The van der Waals surface area contributed by atoms with Crippen molar-refractivity contribution in [3.05, 3.63) is 76.8 Å². The topological polar surface area (TPSA) is 33.2 Å². The van der Waals surface area contributed by atoms with Crippen molar-refractivity contribution in [2.75, 3.05) is 13.6 Å². The second-order valence-electron chi connectivity index (χ2n) is 6.08. The van der Waals surface area contributed by atoms with Crippen LogP contribution in [0.2, 0.25) is 0 Å². The zero-order valence-corrected chi connectivity index (χ0v) is 15.3. The number of alkyl halides is 3. The van der Waals surface area contributed by atoms with Gasteiger partial charge in [0.1, 0.15) is 10.7 Å². The molecular weight excluding hydrogens is 373 g/mol. The largest absolute Gasteiger partial charge is 0.416 e. The van der Waals surface area contributed by atoms with Crippen LogP contribution in [-0.4, -0.2) is 29.4 Å². The molecular formula is C20H17F3N2OS. The first-order chi connectivity index (χ1) is 12.8. The fourth-order valence-corrected chi connectivity index (χ4v) is 3.36. The van der Waals surface area contributed by atoms with Gasteiger partial charge in [-0.15, -0.1) is 11.3 Å². The van der Waals surface area contributed by atoms with Crippen LogP contribution in [0.4, 0.5) is 13.2 Å². The van der Waals surface area contributed by atoms with Crippen LogP contribution in [0, 0.1) is 0 Å². The molecule has 0 saturated heterocycles. The van der Waals surface area contributed by atoms with Gasteiger partial charge in [-0.1, -0.05) is 42.5 Å². The van der Waals surface area contributed by atoms with Gasteiger partial charge in [-0.25, -0.2) is 4.98 Å². The molecule has 0 radical (unpaired) electrons. The van der Waals surface area contributed by atoms with Gasteiger partial charge in [-0.3, -0.25) is 4.79 Å². The summed E-state index contributed by atoms with van der Waals surface area (Å²) < 4.78 is 38.6. The number of carbonyl (C=O) groups excluding carboxylic acids is 1. The van der Waals surface area contributed by atoms with Gasteiger partial charge in [0.05, 0.1) is 5.56 Å². The van der Waals surface area contributed by atoms with E-state index in [0.29, 0.717) is 23.5 Å². The molecule has 0 aliphatic carbocycles. The molecule has 1 amide bonds. The Labute approximate surface area is 159 Å². The van der Waals surface area contributed by atoms with Crippen LogP contribution in [0.5, 0.6) is 0 Å². The number of nitrogens with zero attached hydrogens (tertiary/aromatic N) is 2. The van der Waals surface area contributed by atoms with Crippen LogP contribution < -0.4 is 0 Å². The maximum atomic E-state index is 12.9. The summed E-state index contributed by atoms with van der Waals surface area (Å²) >= 11 is 1.16. The number of benzene rings is 2. The fraction of sp³-hybridized carbons (Fsp3) is 0.200. The lowest BCUT2D eigenvalue weighted by molar-refractivity contribution is -0.137. The molecule has 0 aliphatic heterocycles. The van der Waals surface area contributed by atoms with Gasteiger partial charge in [0.2, 0.25) is 0 Å². The Balaban J connectivity index is 1.70. The number of likely N-dealkylation sites (N-methyl/N-ethyl adjacent to an activating group) is 1. The van der Waals surface area contributed by atoms with E-state index < -0.39 is 11.7 Å². The normalized spacial score (nSPS) is 11.4. The molecule has 0 aliphatic rings. The van der Waals surface area contributed by atoms with Gasteiger partial charge in [0.25, 0.3) is 5.91 Å². The molecule has 1 aromatic heterocycles. The van der Waals surface area contributed by atoms with E-state index in [1.54, 1.807) is 23.4 Å². The predicted molar refractivity (Wildman–Crippen MR) is 99.7 cm³/mol. The number of rotatable bonds is 5. The van der Waals surface area contributed by atoms with Gasteiger partial charge in [0, 0.05) is 24.5 Å². The molecule has 140 valence electrons. The van der Waals surface area contributed by atoms with Crippen LogP contribution in [0.15, 0.2) is 60.0 Å². The first-order valence-electron chi connectivity index (χ1n) is 8.27. The highest BCUT2D eigenvalue weighted by Crippen LogP contribution is 2.33. The van der Waals surface area contributed by atoms with Crippen molar-refractivity contribution in [1.29, 1.82) is 0 Å². The Morgan fingerprint density at radius 2 is 1.85 bits per heavy atom. The maximum absolute atomic E-state index is 12.9. The van der Waals surface area contributed by atoms with Crippen molar-refractivity contribution < 1.29 is 18.0 Å². The van der Waals surface area contributed by atoms with E-state index in [4.69, 9.17) is 0 Å². The standard InChI is InChI=1S/C20H17F3N2OS/c1-25(11-10-14-6-3-2-4-7-14)19(26)17-13-27-18(24-17)15-8-5-9-16(12-15)20(21,22)23/h2-9,12-13H,10-11H2,1H3. The van der Waals surface area contributed by atoms with E-state index in [9.17, 15) is 18.0 Å². The smallest absolute Gasteiger partial charge is 0.340 e. The number of thiazole rings is 1. The molecule has 3 nitrogen and oxygen atoms in total. The van der Waals surface area contributed by atoms with Crippen molar-refractivity contribution in [2.45, 2.75) is 12.6 Å². The fourth-order valence-electron chi connectivity index (χ4n) is 2.57. The first-order valence-corrected chi connectivity index (χ1v) is 9.15. The SMILES string of the molecule is CN(CCc1ccccc1)C(=O)c1csc(-c2cccc(C(F)(F)F)c2)n1. The lowest BCUT2D eigenvalue weighted by atomic mass is 10.1. The molecule has 2 aromatic carbocycles. The molecule has 0 saturated carbocycles. The zero-order chi connectivity index (χ0) is 19.4. The number of hydrogen-bond donors (Lipinski definition) is 0. The van der Waals surface area contributed by atoms with E-state index in [1.807, 2.05) is 30.3 Å². The lowest BCUT2D eigenvalue weighted by Gasteiger charge is -2.15. The quantitative estimate of drug-likeness (QED) is 0.604. The summed E-state index contributed by atoms with van der Waals surface area (Å²) in [5.41, 5.74) is 0.979. The summed E-state index contributed by atoms with van der Waals surface area (Å²) in [6, 6.07) is 14.8. The Morgan fingerprint density at radius 3 is 2.56 bits per heavy atom. The summed E-state index contributed by atoms with van der Waals surface area (Å²) in [6.45, 7) is 0.527.